The Labute approximate surface area is 101 Å². The van der Waals surface area contributed by atoms with Gasteiger partial charge in [0.25, 0.3) is 0 Å². The van der Waals surface area contributed by atoms with Crippen LogP contribution in [-0.2, 0) is 4.79 Å². The third-order valence-corrected chi connectivity index (χ3v) is 2.91. The van der Waals surface area contributed by atoms with Crippen LogP contribution < -0.4 is 4.74 Å². The maximum absolute atomic E-state index is 10.3. The molecule has 4 heteroatoms. The van der Waals surface area contributed by atoms with Crippen molar-refractivity contribution in [1.82, 2.24) is 4.90 Å². The first-order valence-electron chi connectivity index (χ1n) is 5.81. The van der Waals surface area contributed by atoms with Gasteiger partial charge < -0.3 is 9.64 Å². The SMILES string of the molecule is CN1CCCC(Oc2ccccc2N=C=O)C1. The standard InChI is InChI=1S/C13H16N2O2/c1-15-8-4-5-11(9-15)17-13-7-3-2-6-12(13)14-10-16/h2-3,6-7,11H,4-5,8-9H2,1H3. The number of hydrogen-bond donors (Lipinski definition) is 0. The summed E-state index contributed by atoms with van der Waals surface area (Å²) in [4.78, 5) is 16.2. The molecule has 0 N–H and O–H groups in total. The molecule has 0 aliphatic carbocycles. The molecule has 1 aliphatic heterocycles. The zero-order chi connectivity index (χ0) is 12.1. The summed E-state index contributed by atoms with van der Waals surface area (Å²) in [5, 5.41) is 0. The molecule has 1 unspecified atom stereocenters. The van der Waals surface area contributed by atoms with Crippen LogP contribution in [0.3, 0.4) is 0 Å². The van der Waals surface area contributed by atoms with Crippen LogP contribution in [0.2, 0.25) is 0 Å². The van der Waals surface area contributed by atoms with E-state index in [2.05, 4.69) is 16.9 Å². The Hall–Kier alpha value is -1.64. The number of carbonyl (C=O) groups excluding carboxylic acids is 1. The molecule has 1 atom stereocenters. The van der Waals surface area contributed by atoms with Crippen molar-refractivity contribution in [1.29, 1.82) is 0 Å². The molecular formula is C13H16N2O2. The molecule has 17 heavy (non-hydrogen) atoms. The second-order valence-corrected chi connectivity index (χ2v) is 4.32. The van der Waals surface area contributed by atoms with Gasteiger partial charge in [-0.25, -0.2) is 4.79 Å². The van der Waals surface area contributed by atoms with E-state index in [0.29, 0.717) is 11.4 Å². The van der Waals surface area contributed by atoms with Crippen molar-refractivity contribution < 1.29 is 9.53 Å². The van der Waals surface area contributed by atoms with Gasteiger partial charge in [-0.3, -0.25) is 0 Å². The van der Waals surface area contributed by atoms with E-state index in [0.717, 1.165) is 25.9 Å². The highest BCUT2D eigenvalue weighted by Gasteiger charge is 2.19. The van der Waals surface area contributed by atoms with Gasteiger partial charge in [0.15, 0.2) is 0 Å². The first-order valence-corrected chi connectivity index (χ1v) is 5.81. The average molecular weight is 232 g/mol. The second-order valence-electron chi connectivity index (χ2n) is 4.32. The monoisotopic (exact) mass is 232 g/mol. The van der Waals surface area contributed by atoms with Gasteiger partial charge in [-0.05, 0) is 38.6 Å². The van der Waals surface area contributed by atoms with Crippen LogP contribution in [0.1, 0.15) is 12.8 Å². The molecule has 0 radical (unpaired) electrons. The summed E-state index contributed by atoms with van der Waals surface area (Å²) in [6, 6.07) is 7.30. The maximum atomic E-state index is 10.3. The van der Waals surface area contributed by atoms with Gasteiger partial charge in [0.2, 0.25) is 6.08 Å². The quantitative estimate of drug-likeness (QED) is 0.592. The lowest BCUT2D eigenvalue weighted by Gasteiger charge is -2.30. The van der Waals surface area contributed by atoms with Crippen LogP contribution >= 0.6 is 0 Å². The summed E-state index contributed by atoms with van der Waals surface area (Å²) in [5.41, 5.74) is 0.552. The zero-order valence-electron chi connectivity index (χ0n) is 9.93. The van der Waals surface area contributed by atoms with Crippen molar-refractivity contribution in [2.24, 2.45) is 4.99 Å². The topological polar surface area (TPSA) is 41.9 Å². The van der Waals surface area contributed by atoms with E-state index in [4.69, 9.17) is 4.74 Å². The Morgan fingerprint density at radius 1 is 1.47 bits per heavy atom. The van der Waals surface area contributed by atoms with Crippen molar-refractivity contribution in [3.63, 3.8) is 0 Å². The highest BCUT2D eigenvalue weighted by atomic mass is 16.5. The number of nitrogens with zero attached hydrogens (tertiary/aromatic N) is 2. The van der Waals surface area contributed by atoms with Crippen molar-refractivity contribution in [2.75, 3.05) is 20.1 Å². The van der Waals surface area contributed by atoms with Crippen LogP contribution in [0, 0.1) is 0 Å². The molecule has 1 saturated heterocycles. The Kier molecular flexibility index (Phi) is 3.91. The molecule has 0 bridgehead atoms. The number of isocyanates is 1. The lowest BCUT2D eigenvalue weighted by atomic mass is 10.1. The predicted octanol–water partition coefficient (Wildman–Crippen LogP) is 2.13. The van der Waals surface area contributed by atoms with E-state index in [1.54, 1.807) is 12.1 Å². The van der Waals surface area contributed by atoms with E-state index in [1.165, 1.54) is 0 Å². The molecule has 1 fully saturated rings. The summed E-state index contributed by atoms with van der Waals surface area (Å²) >= 11 is 0. The number of benzene rings is 1. The molecule has 1 aromatic carbocycles. The number of aliphatic imine (C=N–C) groups is 1. The fourth-order valence-electron chi connectivity index (χ4n) is 2.09. The van der Waals surface area contributed by atoms with Crippen molar-refractivity contribution in [2.45, 2.75) is 18.9 Å². The largest absolute Gasteiger partial charge is 0.487 e. The lowest BCUT2D eigenvalue weighted by Crippen LogP contribution is -2.38. The predicted molar refractivity (Wildman–Crippen MR) is 65.4 cm³/mol. The molecule has 0 spiro atoms. The molecule has 0 aromatic heterocycles. The minimum absolute atomic E-state index is 0.178. The van der Waals surface area contributed by atoms with Gasteiger partial charge in [0, 0.05) is 6.54 Å². The third-order valence-electron chi connectivity index (χ3n) is 2.91. The molecule has 1 aromatic rings. The number of para-hydroxylation sites is 2. The Balaban J connectivity index is 2.09. The molecule has 4 nitrogen and oxygen atoms in total. The zero-order valence-corrected chi connectivity index (χ0v) is 9.93. The van der Waals surface area contributed by atoms with Crippen LogP contribution in [0.5, 0.6) is 5.75 Å². The first kappa shape index (κ1) is 11.8. The molecule has 90 valence electrons. The van der Waals surface area contributed by atoms with E-state index in [1.807, 2.05) is 18.2 Å². The van der Waals surface area contributed by atoms with Gasteiger partial charge in [-0.15, -0.1) is 0 Å². The minimum atomic E-state index is 0.178. The molecule has 0 saturated carbocycles. The van der Waals surface area contributed by atoms with Crippen LogP contribution in [0.15, 0.2) is 29.3 Å². The number of piperidine rings is 1. The number of hydrogen-bond acceptors (Lipinski definition) is 4. The third kappa shape index (κ3) is 3.16. The van der Waals surface area contributed by atoms with Crippen molar-refractivity contribution >= 4 is 11.8 Å². The lowest BCUT2D eigenvalue weighted by molar-refractivity contribution is 0.105. The summed E-state index contributed by atoms with van der Waals surface area (Å²) < 4.78 is 5.90. The van der Waals surface area contributed by atoms with E-state index < -0.39 is 0 Å². The van der Waals surface area contributed by atoms with Gasteiger partial charge in [0.05, 0.1) is 0 Å². The fraction of sp³-hybridized carbons (Fsp3) is 0.462. The summed E-state index contributed by atoms with van der Waals surface area (Å²) in [7, 11) is 2.09. The maximum Gasteiger partial charge on any atom is 0.240 e. The van der Waals surface area contributed by atoms with E-state index in [-0.39, 0.29) is 6.10 Å². The van der Waals surface area contributed by atoms with E-state index >= 15 is 0 Å². The van der Waals surface area contributed by atoms with Gasteiger partial charge in [-0.1, -0.05) is 12.1 Å². The fourth-order valence-corrected chi connectivity index (χ4v) is 2.09. The Bertz CT molecular complexity index is 427. The highest BCUT2D eigenvalue weighted by molar-refractivity contribution is 5.57. The average Bonchev–Trinajstić information content (AvgIpc) is 2.32. The molecular weight excluding hydrogens is 216 g/mol. The summed E-state index contributed by atoms with van der Waals surface area (Å²) in [6.45, 7) is 2.03. The Morgan fingerprint density at radius 2 is 2.29 bits per heavy atom. The normalized spacial score (nSPS) is 20.6. The molecule has 2 rings (SSSR count). The smallest absolute Gasteiger partial charge is 0.240 e. The molecule has 1 heterocycles. The summed E-state index contributed by atoms with van der Waals surface area (Å²) in [6.07, 6.45) is 3.92. The van der Waals surface area contributed by atoms with Crippen molar-refractivity contribution in [3.8, 4) is 5.75 Å². The van der Waals surface area contributed by atoms with E-state index in [9.17, 15) is 4.79 Å². The Morgan fingerprint density at radius 3 is 3.06 bits per heavy atom. The number of ether oxygens (including phenoxy) is 1. The highest BCUT2D eigenvalue weighted by Crippen LogP contribution is 2.28. The minimum Gasteiger partial charge on any atom is -0.487 e. The van der Waals surface area contributed by atoms with Crippen LogP contribution in [-0.4, -0.2) is 37.2 Å². The van der Waals surface area contributed by atoms with Gasteiger partial charge in [0.1, 0.15) is 17.5 Å². The van der Waals surface area contributed by atoms with Crippen molar-refractivity contribution in [3.05, 3.63) is 24.3 Å². The first-order chi connectivity index (χ1) is 8.29. The second kappa shape index (κ2) is 5.62. The van der Waals surface area contributed by atoms with Crippen LogP contribution in [0.4, 0.5) is 5.69 Å². The molecule has 0 amide bonds. The van der Waals surface area contributed by atoms with Crippen LogP contribution in [0.25, 0.3) is 0 Å². The number of likely N-dealkylation sites (N-methyl/N-ethyl adjacent to an activating group) is 1. The van der Waals surface area contributed by atoms with Gasteiger partial charge >= 0.3 is 0 Å². The van der Waals surface area contributed by atoms with Gasteiger partial charge in [-0.2, -0.15) is 4.99 Å². The summed E-state index contributed by atoms with van der Waals surface area (Å²) in [5.74, 6) is 0.663. The molecule has 1 aliphatic rings. The number of likely N-dealkylation sites (tertiary alicyclic amines) is 1. The number of rotatable bonds is 3.